The molecule has 1 aliphatic carbocycles. The van der Waals surface area contributed by atoms with Gasteiger partial charge in [-0.25, -0.2) is 9.78 Å². The van der Waals surface area contributed by atoms with E-state index in [0.29, 0.717) is 43.6 Å². The van der Waals surface area contributed by atoms with Crippen molar-refractivity contribution in [2.75, 3.05) is 26.3 Å². The number of carbonyl (C=O) groups is 2. The van der Waals surface area contributed by atoms with Crippen LogP contribution in [0.25, 0.3) is 39.5 Å². The standard InChI is InChI=1S/C33H34N4O5/c38-31(35-15-17-42-18-16-35)22-37-27(10-13-32(39)40)20-28(23-5-2-1-3-6-23)33(37)25-9-12-29-24(19-25)8-11-30(34-29)26-7-4-14-36(41)21-26/h4,7-14,19-21,23H,1-3,5-6,15-18,22H2,(H,39,40)/b13-10+. The summed E-state index contributed by atoms with van der Waals surface area (Å²) >= 11 is 0. The summed E-state index contributed by atoms with van der Waals surface area (Å²) in [6.07, 6.45) is 11.3. The fourth-order valence-corrected chi connectivity index (χ4v) is 6.19. The van der Waals surface area contributed by atoms with Gasteiger partial charge in [0.1, 0.15) is 6.54 Å². The van der Waals surface area contributed by atoms with Gasteiger partial charge in [0.2, 0.25) is 5.91 Å². The number of pyridine rings is 2. The Morgan fingerprint density at radius 2 is 1.86 bits per heavy atom. The molecule has 216 valence electrons. The maximum atomic E-state index is 13.5. The second-order valence-corrected chi connectivity index (χ2v) is 11.0. The monoisotopic (exact) mass is 566 g/mol. The number of nitrogens with zero attached hydrogens (tertiary/aromatic N) is 4. The van der Waals surface area contributed by atoms with Crippen LogP contribution in [0.4, 0.5) is 0 Å². The smallest absolute Gasteiger partial charge is 0.328 e. The lowest BCUT2D eigenvalue weighted by atomic mass is 9.83. The van der Waals surface area contributed by atoms with E-state index >= 15 is 0 Å². The summed E-state index contributed by atoms with van der Waals surface area (Å²) in [6.45, 7) is 2.23. The zero-order valence-corrected chi connectivity index (χ0v) is 23.4. The number of ether oxygens (including phenoxy) is 1. The normalized spacial score (nSPS) is 16.3. The van der Waals surface area contributed by atoms with E-state index in [2.05, 4.69) is 12.1 Å². The number of rotatable bonds is 7. The summed E-state index contributed by atoms with van der Waals surface area (Å²) in [4.78, 5) is 31.6. The molecule has 1 aliphatic heterocycles. The predicted octanol–water partition coefficient (Wildman–Crippen LogP) is 5.01. The number of carboxylic acid groups (broad SMARTS) is 1. The second-order valence-electron chi connectivity index (χ2n) is 11.0. The molecule has 1 saturated carbocycles. The number of amides is 1. The van der Waals surface area contributed by atoms with E-state index in [-0.39, 0.29) is 12.5 Å². The number of fused-ring (bicyclic) bond motifs is 1. The number of hydrogen-bond acceptors (Lipinski definition) is 5. The number of carboxylic acids is 1. The molecule has 0 radical (unpaired) electrons. The SMILES string of the molecule is O=C(O)/C=C/c1cc(C2CCCCC2)c(-c2ccc3nc(-c4ccc[n+]([O-])c4)ccc3c2)n1CC(=O)N1CCOCC1. The van der Waals surface area contributed by atoms with Crippen molar-refractivity contribution in [2.45, 2.75) is 44.6 Å². The first kappa shape index (κ1) is 27.7. The quantitative estimate of drug-likeness (QED) is 0.191. The average Bonchev–Trinajstić information content (AvgIpc) is 3.38. The van der Waals surface area contributed by atoms with Crippen LogP contribution in [0.15, 0.2) is 67.0 Å². The average molecular weight is 567 g/mol. The summed E-state index contributed by atoms with van der Waals surface area (Å²) in [6, 6.07) is 15.6. The van der Waals surface area contributed by atoms with Gasteiger partial charge in [0.05, 0.1) is 35.7 Å². The number of aromatic nitrogens is 3. The van der Waals surface area contributed by atoms with Crippen LogP contribution in [-0.2, 0) is 20.9 Å². The van der Waals surface area contributed by atoms with Crippen LogP contribution in [0, 0.1) is 5.21 Å². The van der Waals surface area contributed by atoms with E-state index in [4.69, 9.17) is 9.72 Å². The van der Waals surface area contributed by atoms with Gasteiger partial charge in [0.15, 0.2) is 12.4 Å². The van der Waals surface area contributed by atoms with Gasteiger partial charge in [0, 0.05) is 36.3 Å². The molecule has 1 amide bonds. The molecule has 2 fully saturated rings. The van der Waals surface area contributed by atoms with Crippen molar-refractivity contribution in [2.24, 2.45) is 0 Å². The Labute approximate surface area is 244 Å². The van der Waals surface area contributed by atoms with Crippen LogP contribution in [0.5, 0.6) is 0 Å². The number of benzene rings is 1. The highest BCUT2D eigenvalue weighted by molar-refractivity contribution is 5.89. The topological polar surface area (TPSA) is 112 Å². The largest absolute Gasteiger partial charge is 0.619 e. The van der Waals surface area contributed by atoms with Crippen molar-refractivity contribution in [1.82, 2.24) is 14.5 Å². The van der Waals surface area contributed by atoms with Crippen LogP contribution >= 0.6 is 0 Å². The third-order valence-electron chi connectivity index (χ3n) is 8.29. The Kier molecular flexibility index (Phi) is 8.01. The Hall–Kier alpha value is -4.50. The Morgan fingerprint density at radius 3 is 2.62 bits per heavy atom. The summed E-state index contributed by atoms with van der Waals surface area (Å²) < 4.78 is 8.20. The molecule has 6 rings (SSSR count). The molecule has 42 heavy (non-hydrogen) atoms. The number of morpholine rings is 1. The van der Waals surface area contributed by atoms with E-state index < -0.39 is 5.97 Å². The molecule has 0 spiro atoms. The molecule has 0 atom stereocenters. The Balaban J connectivity index is 1.46. The van der Waals surface area contributed by atoms with Crippen LogP contribution < -0.4 is 4.73 Å². The molecule has 1 aromatic carbocycles. The minimum Gasteiger partial charge on any atom is -0.619 e. The van der Waals surface area contributed by atoms with E-state index in [1.54, 1.807) is 12.1 Å². The molecule has 2 aliphatic rings. The first-order valence-corrected chi connectivity index (χ1v) is 14.6. The highest BCUT2D eigenvalue weighted by atomic mass is 16.5. The first-order chi connectivity index (χ1) is 20.5. The first-order valence-electron chi connectivity index (χ1n) is 14.6. The van der Waals surface area contributed by atoms with Gasteiger partial charge in [-0.05, 0) is 66.3 Å². The van der Waals surface area contributed by atoms with Crippen LogP contribution in [0.2, 0.25) is 0 Å². The van der Waals surface area contributed by atoms with Gasteiger partial charge in [-0.2, -0.15) is 4.73 Å². The lowest BCUT2D eigenvalue weighted by Crippen LogP contribution is -2.42. The summed E-state index contributed by atoms with van der Waals surface area (Å²) in [5.41, 5.74) is 6.02. The molecule has 1 N–H and O–H groups in total. The van der Waals surface area contributed by atoms with Crippen LogP contribution in [0.1, 0.15) is 49.3 Å². The molecule has 9 heteroatoms. The molecule has 3 aromatic heterocycles. The molecule has 9 nitrogen and oxygen atoms in total. The third kappa shape index (κ3) is 5.92. The minimum absolute atomic E-state index is 0.0131. The molecule has 4 heterocycles. The summed E-state index contributed by atoms with van der Waals surface area (Å²) in [5, 5.41) is 22.2. The third-order valence-corrected chi connectivity index (χ3v) is 8.29. The zero-order valence-electron chi connectivity index (χ0n) is 23.4. The van der Waals surface area contributed by atoms with E-state index in [0.717, 1.165) is 69.8 Å². The van der Waals surface area contributed by atoms with Crippen molar-refractivity contribution in [3.63, 3.8) is 0 Å². The van der Waals surface area contributed by atoms with Crippen molar-refractivity contribution >= 4 is 28.9 Å². The summed E-state index contributed by atoms with van der Waals surface area (Å²) in [5.74, 6) is -0.712. The summed E-state index contributed by atoms with van der Waals surface area (Å²) in [7, 11) is 0. The second kappa shape index (κ2) is 12.2. The van der Waals surface area contributed by atoms with E-state index in [1.165, 1.54) is 18.8 Å². The Bertz CT molecular complexity index is 1650. The lowest BCUT2D eigenvalue weighted by molar-refractivity contribution is -0.604. The number of carbonyl (C=O) groups excluding carboxylic acids is 1. The van der Waals surface area contributed by atoms with Gasteiger partial charge in [-0.1, -0.05) is 31.4 Å². The van der Waals surface area contributed by atoms with Gasteiger partial charge >= 0.3 is 5.97 Å². The molecule has 4 aromatic rings. The zero-order chi connectivity index (χ0) is 29.1. The molecular weight excluding hydrogens is 532 g/mol. The van der Waals surface area contributed by atoms with Crippen molar-refractivity contribution in [3.8, 4) is 22.5 Å². The highest BCUT2D eigenvalue weighted by Crippen LogP contribution is 2.41. The van der Waals surface area contributed by atoms with Crippen molar-refractivity contribution < 1.29 is 24.2 Å². The van der Waals surface area contributed by atoms with Crippen molar-refractivity contribution in [1.29, 1.82) is 0 Å². The number of aliphatic carboxylic acids is 1. The number of hydrogen-bond donors (Lipinski definition) is 1. The molecule has 0 unspecified atom stereocenters. The van der Waals surface area contributed by atoms with E-state index in [9.17, 15) is 19.9 Å². The van der Waals surface area contributed by atoms with Gasteiger partial charge < -0.3 is 24.5 Å². The minimum atomic E-state index is -1.03. The Morgan fingerprint density at radius 1 is 1.05 bits per heavy atom. The molecule has 0 bridgehead atoms. The fraction of sp³-hybridized carbons (Fsp3) is 0.333. The predicted molar refractivity (Wildman–Crippen MR) is 159 cm³/mol. The molecular formula is C33H34N4O5. The lowest BCUT2D eigenvalue weighted by Gasteiger charge is -2.28. The van der Waals surface area contributed by atoms with Crippen LogP contribution in [0.3, 0.4) is 0 Å². The van der Waals surface area contributed by atoms with Gasteiger partial charge in [-0.15, -0.1) is 0 Å². The van der Waals surface area contributed by atoms with Gasteiger partial charge in [0.25, 0.3) is 0 Å². The van der Waals surface area contributed by atoms with Crippen molar-refractivity contribution in [3.05, 3.63) is 83.5 Å². The van der Waals surface area contributed by atoms with Gasteiger partial charge in [-0.3, -0.25) is 4.79 Å². The van der Waals surface area contributed by atoms with E-state index in [1.807, 2.05) is 39.8 Å². The van der Waals surface area contributed by atoms with Crippen LogP contribution in [-0.4, -0.2) is 57.7 Å². The maximum absolute atomic E-state index is 13.5. The maximum Gasteiger partial charge on any atom is 0.328 e. The fourth-order valence-electron chi connectivity index (χ4n) is 6.19. The molecule has 1 saturated heterocycles. The highest BCUT2D eigenvalue weighted by Gasteiger charge is 2.27.